The summed E-state index contributed by atoms with van der Waals surface area (Å²) in [5, 5.41) is 0. The molecule has 2 rings (SSSR count). The average molecular weight is 150 g/mol. The van der Waals surface area contributed by atoms with Crippen LogP contribution in [-0.4, -0.2) is 0 Å². The van der Waals surface area contributed by atoms with Crippen LogP contribution in [0.2, 0.25) is 0 Å². The Balaban J connectivity index is 2.21. The molecule has 0 aliphatic heterocycles. The van der Waals surface area contributed by atoms with E-state index in [2.05, 4.69) is 19.9 Å². The largest absolute Gasteiger partial charge is 0.0822 e. The Morgan fingerprint density at radius 2 is 2.18 bits per heavy atom. The first kappa shape index (κ1) is 7.39. The van der Waals surface area contributed by atoms with Gasteiger partial charge in [0.2, 0.25) is 0 Å². The minimum Gasteiger partial charge on any atom is -0.0822 e. The van der Waals surface area contributed by atoms with Crippen molar-refractivity contribution in [2.24, 2.45) is 17.8 Å². The van der Waals surface area contributed by atoms with Crippen LogP contribution in [0.15, 0.2) is 11.6 Å². The van der Waals surface area contributed by atoms with E-state index in [1.165, 1.54) is 25.7 Å². The van der Waals surface area contributed by atoms with Gasteiger partial charge in [0, 0.05) is 0 Å². The molecular weight excluding hydrogens is 132 g/mol. The fraction of sp³-hybridized carbons (Fsp3) is 0.818. The molecule has 11 heavy (non-hydrogen) atoms. The van der Waals surface area contributed by atoms with E-state index in [0.717, 1.165) is 17.8 Å². The van der Waals surface area contributed by atoms with Crippen LogP contribution in [-0.2, 0) is 0 Å². The molecule has 0 heterocycles. The summed E-state index contributed by atoms with van der Waals surface area (Å²) in [5.41, 5.74) is 1.65. The summed E-state index contributed by atoms with van der Waals surface area (Å²) in [4.78, 5) is 0. The van der Waals surface area contributed by atoms with Gasteiger partial charge < -0.3 is 0 Å². The Hall–Kier alpha value is -0.260. The van der Waals surface area contributed by atoms with Crippen molar-refractivity contribution in [3.8, 4) is 0 Å². The van der Waals surface area contributed by atoms with E-state index in [1.54, 1.807) is 5.57 Å². The van der Waals surface area contributed by atoms with E-state index in [0.29, 0.717) is 0 Å². The molecule has 2 bridgehead atoms. The van der Waals surface area contributed by atoms with Crippen molar-refractivity contribution in [2.45, 2.75) is 39.5 Å². The predicted octanol–water partition coefficient (Wildman–Crippen LogP) is 3.39. The zero-order chi connectivity index (χ0) is 7.84. The van der Waals surface area contributed by atoms with Crippen LogP contribution in [0.4, 0.5) is 0 Å². The molecule has 0 amide bonds. The highest BCUT2D eigenvalue weighted by atomic mass is 14.4. The molecule has 0 aromatic carbocycles. The molecule has 1 saturated carbocycles. The SMILES string of the molecule is CC1=CC2CCCC(C1)C2C. The molecule has 0 heteroatoms. The maximum atomic E-state index is 2.53. The van der Waals surface area contributed by atoms with E-state index in [-0.39, 0.29) is 0 Å². The summed E-state index contributed by atoms with van der Waals surface area (Å²) in [6.45, 7) is 4.74. The molecule has 0 aromatic rings. The quantitative estimate of drug-likeness (QED) is 0.464. The lowest BCUT2D eigenvalue weighted by atomic mass is 9.67. The summed E-state index contributed by atoms with van der Waals surface area (Å²) in [6.07, 6.45) is 8.33. The van der Waals surface area contributed by atoms with Gasteiger partial charge in [0.1, 0.15) is 0 Å². The van der Waals surface area contributed by atoms with Crippen molar-refractivity contribution in [3.63, 3.8) is 0 Å². The summed E-state index contributed by atoms with van der Waals surface area (Å²) in [5.74, 6) is 2.94. The van der Waals surface area contributed by atoms with Gasteiger partial charge in [0.15, 0.2) is 0 Å². The van der Waals surface area contributed by atoms with Gasteiger partial charge in [-0.2, -0.15) is 0 Å². The van der Waals surface area contributed by atoms with Crippen LogP contribution in [0.1, 0.15) is 39.5 Å². The fourth-order valence-electron chi connectivity index (χ4n) is 2.86. The first-order valence-electron chi connectivity index (χ1n) is 4.94. The molecule has 0 nitrogen and oxygen atoms in total. The summed E-state index contributed by atoms with van der Waals surface area (Å²) >= 11 is 0. The molecule has 2 aliphatic rings. The molecule has 62 valence electrons. The van der Waals surface area contributed by atoms with E-state index < -0.39 is 0 Å². The standard InChI is InChI=1S/C11H18/c1-8-6-10-4-3-5-11(7-8)9(10)2/h6,9-11H,3-5,7H2,1-2H3. The van der Waals surface area contributed by atoms with Crippen LogP contribution in [0.3, 0.4) is 0 Å². The van der Waals surface area contributed by atoms with Crippen molar-refractivity contribution >= 4 is 0 Å². The van der Waals surface area contributed by atoms with E-state index in [1.807, 2.05) is 0 Å². The third-order valence-corrected chi connectivity index (χ3v) is 3.61. The first-order valence-corrected chi connectivity index (χ1v) is 4.94. The van der Waals surface area contributed by atoms with Crippen LogP contribution in [0.25, 0.3) is 0 Å². The lowest BCUT2D eigenvalue weighted by Gasteiger charge is -2.39. The van der Waals surface area contributed by atoms with Gasteiger partial charge >= 0.3 is 0 Å². The molecule has 2 aliphatic carbocycles. The zero-order valence-corrected chi connectivity index (χ0v) is 7.64. The number of fused-ring (bicyclic) bond motifs is 2. The van der Waals surface area contributed by atoms with Crippen LogP contribution in [0, 0.1) is 17.8 Å². The van der Waals surface area contributed by atoms with Crippen molar-refractivity contribution in [2.75, 3.05) is 0 Å². The summed E-state index contributed by atoms with van der Waals surface area (Å²) in [6, 6.07) is 0. The molecule has 0 radical (unpaired) electrons. The van der Waals surface area contributed by atoms with Crippen molar-refractivity contribution in [1.29, 1.82) is 0 Å². The summed E-state index contributed by atoms with van der Waals surface area (Å²) < 4.78 is 0. The lowest BCUT2D eigenvalue weighted by molar-refractivity contribution is 0.186. The van der Waals surface area contributed by atoms with E-state index in [9.17, 15) is 0 Å². The second-order valence-corrected chi connectivity index (χ2v) is 4.43. The third-order valence-electron chi connectivity index (χ3n) is 3.61. The molecular formula is C11H18. The Morgan fingerprint density at radius 3 is 2.91 bits per heavy atom. The molecule has 3 unspecified atom stereocenters. The molecule has 3 atom stereocenters. The molecule has 1 fully saturated rings. The highest BCUT2D eigenvalue weighted by Crippen LogP contribution is 2.42. The minimum absolute atomic E-state index is 0.933. The topological polar surface area (TPSA) is 0 Å². The predicted molar refractivity (Wildman–Crippen MR) is 48.4 cm³/mol. The Kier molecular flexibility index (Phi) is 1.78. The van der Waals surface area contributed by atoms with Gasteiger partial charge in [-0.3, -0.25) is 0 Å². The van der Waals surface area contributed by atoms with Gasteiger partial charge in [-0.25, -0.2) is 0 Å². The van der Waals surface area contributed by atoms with Crippen LogP contribution in [0.5, 0.6) is 0 Å². The number of hydrogen-bond donors (Lipinski definition) is 0. The van der Waals surface area contributed by atoms with Gasteiger partial charge in [0.25, 0.3) is 0 Å². The Labute approximate surface area is 69.7 Å². The molecule has 0 spiro atoms. The molecule has 0 N–H and O–H groups in total. The highest BCUT2D eigenvalue weighted by molar-refractivity contribution is 5.10. The monoisotopic (exact) mass is 150 g/mol. The van der Waals surface area contributed by atoms with Crippen LogP contribution >= 0.6 is 0 Å². The van der Waals surface area contributed by atoms with Gasteiger partial charge in [-0.15, -0.1) is 0 Å². The van der Waals surface area contributed by atoms with Gasteiger partial charge in [0.05, 0.1) is 0 Å². The summed E-state index contributed by atoms with van der Waals surface area (Å²) in [7, 11) is 0. The maximum absolute atomic E-state index is 2.53. The third kappa shape index (κ3) is 1.23. The second-order valence-electron chi connectivity index (χ2n) is 4.43. The average Bonchev–Trinajstić information content (AvgIpc) is 1.92. The van der Waals surface area contributed by atoms with E-state index >= 15 is 0 Å². The fourth-order valence-corrected chi connectivity index (χ4v) is 2.86. The Bertz CT molecular complexity index is 178. The van der Waals surface area contributed by atoms with E-state index in [4.69, 9.17) is 0 Å². The Morgan fingerprint density at radius 1 is 1.36 bits per heavy atom. The van der Waals surface area contributed by atoms with Crippen molar-refractivity contribution in [3.05, 3.63) is 11.6 Å². The van der Waals surface area contributed by atoms with Crippen molar-refractivity contribution < 1.29 is 0 Å². The normalized spacial score (nSPS) is 43.5. The second kappa shape index (κ2) is 2.66. The van der Waals surface area contributed by atoms with Gasteiger partial charge in [-0.1, -0.05) is 25.0 Å². The zero-order valence-electron chi connectivity index (χ0n) is 7.64. The first-order chi connectivity index (χ1) is 5.27. The molecule has 0 saturated heterocycles. The lowest BCUT2D eigenvalue weighted by Crippen LogP contribution is -2.28. The number of hydrogen-bond acceptors (Lipinski definition) is 0. The van der Waals surface area contributed by atoms with Crippen molar-refractivity contribution in [1.82, 2.24) is 0 Å². The highest BCUT2D eigenvalue weighted by Gasteiger charge is 2.31. The van der Waals surface area contributed by atoms with Crippen LogP contribution < -0.4 is 0 Å². The van der Waals surface area contributed by atoms with Gasteiger partial charge in [-0.05, 0) is 43.9 Å². The smallest absolute Gasteiger partial charge is 0.0202 e. The number of rotatable bonds is 0. The maximum Gasteiger partial charge on any atom is -0.0202 e. The number of allylic oxidation sites excluding steroid dienone is 2. The molecule has 0 aromatic heterocycles. The minimum atomic E-state index is 0.933.